The van der Waals surface area contributed by atoms with Crippen LogP contribution in [0.1, 0.15) is 135 Å². The molecule has 1 aliphatic heterocycles. The van der Waals surface area contributed by atoms with Gasteiger partial charge in [0, 0.05) is 29.2 Å². The van der Waals surface area contributed by atoms with Crippen molar-refractivity contribution in [1.29, 1.82) is 0 Å². The molecule has 0 saturated carbocycles. The number of aromatic nitrogens is 4. The highest BCUT2D eigenvalue weighted by Crippen LogP contribution is 2.31. The first-order valence-corrected chi connectivity index (χ1v) is 32.8. The molecule has 3 heterocycles. The number of anilines is 2. The molecule has 1 aliphatic rings. The van der Waals surface area contributed by atoms with E-state index in [0.717, 1.165) is 79.0 Å². The van der Waals surface area contributed by atoms with Crippen molar-refractivity contribution in [3.05, 3.63) is 189 Å². The normalized spacial score (nSPS) is 13.5. The number of benzene rings is 6. The van der Waals surface area contributed by atoms with Crippen LogP contribution in [0.15, 0.2) is 150 Å². The number of phenolic OH excluding ortho intramolecular Hbond substituents is 1. The Kier molecular flexibility index (Phi) is 27.1. The zero-order valence-corrected chi connectivity index (χ0v) is 55.5. The standard InChI is InChI=1S/C41H50ClN3O8.C29H28ClN5O5S/c1-4-6-7-8-9-10-11-12-13-17-26-53-40(49)31-22-25-33(42)34(27-31)43-37(47)35(36(46)30-20-23-32(51-3)24-21-30)45-38(48)39(52-5-2)44(41(45)50)28-29-18-15-14-16-19-29;1-18-27(30)28-33-32-26(35(28)34-18)5-3-4-20-6-8-21(9-7-20)31-29(37)19(2)38-23-14-16-25(17-15-23)41-40-39-24-12-10-22(36)11-13-24/h14-16,18-25,27,35,39H,4-13,17,26,28H2,1-3H3,(H,43,47);6-17,19,34,36H,3-5H2,1-2H3,(H,31,37). The molecular weight excluding hydrogens is 1260 g/mol. The van der Waals surface area contributed by atoms with E-state index in [1.807, 2.05) is 41.8 Å². The molecular formula is C70H78Cl2N8O13S. The van der Waals surface area contributed by atoms with E-state index >= 15 is 0 Å². The van der Waals surface area contributed by atoms with Crippen molar-refractivity contribution in [2.75, 3.05) is 31.0 Å². The maximum atomic E-state index is 14.1. The first-order chi connectivity index (χ1) is 45.5. The number of nitrogens with zero attached hydrogens (tertiary/aromatic N) is 5. The van der Waals surface area contributed by atoms with Gasteiger partial charge >= 0.3 is 12.0 Å². The molecule has 24 heteroatoms. The van der Waals surface area contributed by atoms with Gasteiger partial charge in [-0.25, -0.2) is 19.0 Å². The van der Waals surface area contributed by atoms with Crippen LogP contribution in [0.3, 0.4) is 0 Å². The van der Waals surface area contributed by atoms with Crippen LogP contribution in [0.25, 0.3) is 5.65 Å². The van der Waals surface area contributed by atoms with Crippen molar-refractivity contribution in [2.45, 2.75) is 141 Å². The summed E-state index contributed by atoms with van der Waals surface area (Å²) < 4.78 is 29.2. The van der Waals surface area contributed by atoms with Crippen LogP contribution in [0.2, 0.25) is 10.0 Å². The number of rotatable bonds is 34. The molecule has 8 aromatic rings. The molecule has 0 bridgehead atoms. The van der Waals surface area contributed by atoms with Crippen LogP contribution >= 0.6 is 35.2 Å². The van der Waals surface area contributed by atoms with Gasteiger partial charge < -0.3 is 39.6 Å². The number of ether oxygens (including phenoxy) is 4. The fourth-order valence-electron chi connectivity index (χ4n) is 10.1. The fourth-order valence-corrected chi connectivity index (χ4v) is 10.9. The number of phenols is 1. The number of aromatic hydroxyl groups is 1. The Morgan fingerprint density at radius 2 is 1.35 bits per heavy atom. The summed E-state index contributed by atoms with van der Waals surface area (Å²) in [5.41, 5.74) is 4.27. The largest absolute Gasteiger partial charge is 0.508 e. The first-order valence-electron chi connectivity index (χ1n) is 31.3. The van der Waals surface area contributed by atoms with Crippen LogP contribution in [0.4, 0.5) is 16.2 Å². The second kappa shape index (κ2) is 35.9. The number of urea groups is 1. The minimum absolute atomic E-state index is 0.000760. The molecule has 1 fully saturated rings. The number of esters is 1. The molecule has 21 nitrogen and oxygen atoms in total. The van der Waals surface area contributed by atoms with Crippen molar-refractivity contribution in [3.8, 4) is 23.0 Å². The zero-order valence-electron chi connectivity index (χ0n) is 53.1. The predicted octanol–water partition coefficient (Wildman–Crippen LogP) is 14.8. The lowest BCUT2D eigenvalue weighted by Crippen LogP contribution is -2.52. The van der Waals surface area contributed by atoms with E-state index in [1.165, 1.54) is 105 Å². The predicted molar refractivity (Wildman–Crippen MR) is 359 cm³/mol. The average molecular weight is 1340 g/mol. The van der Waals surface area contributed by atoms with E-state index in [4.69, 9.17) is 51.4 Å². The molecule has 5 amide bonds. The van der Waals surface area contributed by atoms with Gasteiger partial charge in [-0.05, 0) is 154 Å². The Morgan fingerprint density at radius 3 is 2.02 bits per heavy atom. The number of nitrogens with one attached hydrogen (secondary N) is 3. The molecule has 4 N–H and O–H groups in total. The van der Waals surface area contributed by atoms with Crippen molar-refractivity contribution in [2.24, 2.45) is 0 Å². The lowest BCUT2D eigenvalue weighted by atomic mass is 10.0. The van der Waals surface area contributed by atoms with E-state index in [0.29, 0.717) is 44.1 Å². The summed E-state index contributed by atoms with van der Waals surface area (Å²) in [4.78, 5) is 89.6. The number of fused-ring (bicyclic) bond motifs is 1. The third-order valence-electron chi connectivity index (χ3n) is 15.2. The van der Waals surface area contributed by atoms with E-state index < -0.39 is 48.0 Å². The summed E-state index contributed by atoms with van der Waals surface area (Å²) in [6.45, 7) is 7.81. The van der Waals surface area contributed by atoms with Crippen LogP contribution in [-0.2, 0) is 47.6 Å². The van der Waals surface area contributed by atoms with Gasteiger partial charge in [0.25, 0.3) is 17.7 Å². The Labute approximate surface area is 560 Å². The topological polar surface area (TPSA) is 255 Å². The van der Waals surface area contributed by atoms with Gasteiger partial charge in [-0.2, -0.15) is 0 Å². The van der Waals surface area contributed by atoms with Crippen molar-refractivity contribution < 1.29 is 62.0 Å². The number of ketones is 1. The van der Waals surface area contributed by atoms with E-state index in [-0.39, 0.29) is 53.3 Å². The highest BCUT2D eigenvalue weighted by molar-refractivity contribution is 7.94. The third kappa shape index (κ3) is 20.0. The SMILES string of the molecule is CCCCCCCCCCCCOC(=O)c1ccc(Cl)c(NC(=O)C(C(=O)c2ccc(OC)cc2)N2C(=O)C(OCC)N(Cc3ccccc3)C2=O)c1.Cc1[nH]n2c(CCCc3ccc(NC(=O)C(C)Oc4ccc(SOOc5ccc(O)cc5)cc4)cc3)nnc2c1Cl. The minimum Gasteiger partial charge on any atom is -0.508 e. The zero-order chi connectivity index (χ0) is 66.9. The van der Waals surface area contributed by atoms with E-state index in [9.17, 15) is 33.9 Å². The van der Waals surface area contributed by atoms with Crippen LogP contribution in [-0.4, -0.2) is 109 Å². The number of halogens is 2. The summed E-state index contributed by atoms with van der Waals surface area (Å²) in [5, 5.41) is 27.0. The number of imide groups is 1. The Hall–Kier alpha value is -8.93. The lowest BCUT2D eigenvalue weighted by molar-refractivity contribution is -0.144. The molecule has 3 unspecified atom stereocenters. The summed E-state index contributed by atoms with van der Waals surface area (Å²) in [6.07, 6.45) is 11.9. The van der Waals surface area contributed by atoms with Gasteiger partial charge in [-0.15, -0.1) is 14.5 Å². The smallest absolute Gasteiger partial charge is 0.338 e. The van der Waals surface area contributed by atoms with Gasteiger partial charge in [-0.1, -0.05) is 130 Å². The van der Waals surface area contributed by atoms with Crippen molar-refractivity contribution in [1.82, 2.24) is 29.6 Å². The lowest BCUT2D eigenvalue weighted by Gasteiger charge is -2.25. The molecule has 9 rings (SSSR count). The molecule has 3 atom stereocenters. The van der Waals surface area contributed by atoms with E-state index in [2.05, 4.69) is 32.9 Å². The number of H-pyrrole nitrogens is 1. The second-order valence-corrected chi connectivity index (χ2v) is 23.8. The van der Waals surface area contributed by atoms with E-state index in [1.54, 1.807) is 74.5 Å². The highest BCUT2D eigenvalue weighted by Gasteiger charge is 2.53. The molecule has 2 aromatic heterocycles. The van der Waals surface area contributed by atoms with Crippen LogP contribution in [0.5, 0.6) is 23.0 Å². The first kappa shape index (κ1) is 70.9. The van der Waals surface area contributed by atoms with Crippen LogP contribution in [0, 0.1) is 6.92 Å². The Morgan fingerprint density at radius 1 is 0.702 bits per heavy atom. The average Bonchev–Trinajstić information content (AvgIpc) is 1.60. The Bertz CT molecular complexity index is 3780. The Balaban J connectivity index is 0.000000249. The number of carbonyl (C=O) groups is 6. The number of Topliss-reactive ketones (excluding diaryl/α,β-unsaturated/α-hetero) is 1. The highest BCUT2D eigenvalue weighted by atomic mass is 35.5. The number of amides is 5. The number of carbonyl (C=O) groups excluding carboxylic acids is 6. The molecule has 496 valence electrons. The molecule has 6 aromatic carbocycles. The fraction of sp³-hybridized carbons (Fsp3) is 0.343. The quantitative estimate of drug-likeness (QED) is 0.00427. The maximum Gasteiger partial charge on any atom is 0.338 e. The number of aromatic amines is 1. The van der Waals surface area contributed by atoms with Gasteiger partial charge in [0.1, 0.15) is 22.3 Å². The summed E-state index contributed by atoms with van der Waals surface area (Å²) in [7, 11) is 1.47. The van der Waals surface area contributed by atoms with Gasteiger partial charge in [0.2, 0.25) is 6.23 Å². The van der Waals surface area contributed by atoms with Crippen molar-refractivity contribution in [3.63, 3.8) is 0 Å². The van der Waals surface area contributed by atoms with Crippen LogP contribution < -0.4 is 25.0 Å². The summed E-state index contributed by atoms with van der Waals surface area (Å²) in [5.74, 6) is -1.09. The number of aryl methyl sites for hydroxylation is 3. The number of hydrogen-bond donors (Lipinski definition) is 4. The van der Waals surface area contributed by atoms with Gasteiger partial charge in [0.15, 0.2) is 35.2 Å². The molecule has 1 saturated heterocycles. The molecule has 0 radical (unpaired) electrons. The number of methoxy groups -OCH3 is 1. The van der Waals surface area contributed by atoms with Crippen molar-refractivity contribution >= 4 is 87.8 Å². The second-order valence-electron chi connectivity index (χ2n) is 22.2. The number of unbranched alkanes of at least 4 members (excludes halogenated alkanes) is 9. The summed E-state index contributed by atoms with van der Waals surface area (Å²) >= 11 is 13.7. The maximum absolute atomic E-state index is 14.1. The third-order valence-corrected chi connectivity index (χ3v) is 16.6. The molecule has 0 aliphatic carbocycles. The molecule has 0 spiro atoms. The minimum atomic E-state index is -1.95. The van der Waals surface area contributed by atoms with Gasteiger partial charge in [-0.3, -0.25) is 29.2 Å². The summed E-state index contributed by atoms with van der Waals surface area (Å²) in [6, 6.07) is 37.4. The monoisotopic (exact) mass is 1340 g/mol. The van der Waals surface area contributed by atoms with Gasteiger partial charge in [0.05, 0.1) is 54.3 Å². The number of hydrogen-bond acceptors (Lipinski definition) is 16. The molecule has 94 heavy (non-hydrogen) atoms.